The molecule has 0 atom stereocenters. The van der Waals surface area contributed by atoms with Gasteiger partial charge in [-0.05, 0) is 41.9 Å². The highest BCUT2D eigenvalue weighted by molar-refractivity contribution is 9.10. The van der Waals surface area contributed by atoms with Crippen LogP contribution < -0.4 is 9.47 Å². The molecule has 0 heterocycles. The lowest BCUT2D eigenvalue weighted by molar-refractivity contribution is 0.108. The lowest BCUT2D eigenvalue weighted by Gasteiger charge is -2.14. The zero-order valence-electron chi connectivity index (χ0n) is 10.6. The first kappa shape index (κ1) is 15.0. The second kappa shape index (κ2) is 8.11. The number of hydrogen-bond acceptors (Lipinski definition) is 4. The molecule has 0 aliphatic carbocycles. The highest BCUT2D eigenvalue weighted by Gasteiger charge is 2.11. The largest absolute Gasteiger partial charge is 0.490 e. The van der Waals surface area contributed by atoms with Gasteiger partial charge in [0, 0.05) is 12.2 Å². The summed E-state index contributed by atoms with van der Waals surface area (Å²) in [6.07, 6.45) is 0.775. The van der Waals surface area contributed by atoms with E-state index in [4.69, 9.17) is 14.2 Å². The molecule has 0 spiro atoms. The van der Waals surface area contributed by atoms with Crippen LogP contribution in [0.15, 0.2) is 16.6 Å². The van der Waals surface area contributed by atoms with Crippen molar-refractivity contribution in [3.8, 4) is 11.5 Å². The van der Waals surface area contributed by atoms with E-state index in [2.05, 4.69) is 15.9 Å². The third-order valence-electron chi connectivity index (χ3n) is 2.15. The maximum absolute atomic E-state index is 10.8. The maximum Gasteiger partial charge on any atom is 0.175 e. The van der Waals surface area contributed by atoms with Crippen LogP contribution in [0.1, 0.15) is 24.2 Å². The quantitative estimate of drug-likeness (QED) is 0.546. The minimum absolute atomic E-state index is 0.437. The summed E-state index contributed by atoms with van der Waals surface area (Å²) in [5.41, 5.74) is 0.544. The Morgan fingerprint density at radius 1 is 1.17 bits per heavy atom. The third-order valence-corrected chi connectivity index (χ3v) is 2.74. The van der Waals surface area contributed by atoms with Crippen molar-refractivity contribution < 1.29 is 19.0 Å². The Hall–Kier alpha value is -1.07. The van der Waals surface area contributed by atoms with Crippen molar-refractivity contribution in [3.05, 3.63) is 22.2 Å². The molecule has 0 aliphatic heterocycles. The van der Waals surface area contributed by atoms with Gasteiger partial charge in [0.05, 0.1) is 17.7 Å². The molecular weight excluding hydrogens is 300 g/mol. The smallest absolute Gasteiger partial charge is 0.175 e. The summed E-state index contributed by atoms with van der Waals surface area (Å²) < 4.78 is 17.0. The average molecular weight is 317 g/mol. The van der Waals surface area contributed by atoms with Crippen LogP contribution >= 0.6 is 15.9 Å². The van der Waals surface area contributed by atoms with Crippen molar-refractivity contribution in [1.29, 1.82) is 0 Å². The van der Waals surface area contributed by atoms with Gasteiger partial charge < -0.3 is 14.2 Å². The van der Waals surface area contributed by atoms with Gasteiger partial charge in [-0.25, -0.2) is 0 Å². The van der Waals surface area contributed by atoms with E-state index in [1.807, 2.05) is 13.8 Å². The van der Waals surface area contributed by atoms with Crippen molar-refractivity contribution >= 4 is 22.2 Å². The van der Waals surface area contributed by atoms with Gasteiger partial charge in [0.2, 0.25) is 0 Å². The number of aldehydes is 1. The summed E-state index contributed by atoms with van der Waals surface area (Å²) in [5.74, 6) is 1.16. The van der Waals surface area contributed by atoms with Crippen LogP contribution in [0.5, 0.6) is 11.5 Å². The molecule has 0 saturated heterocycles. The molecular formula is C13H17BrO4. The number of hydrogen-bond donors (Lipinski definition) is 0. The standard InChI is InChI=1S/C13H17BrO4/c1-3-16-5-6-18-13-11(14)7-10(9-15)8-12(13)17-4-2/h7-9H,3-6H2,1-2H3. The third kappa shape index (κ3) is 4.31. The maximum atomic E-state index is 10.8. The van der Waals surface area contributed by atoms with Crippen LogP contribution in [0.25, 0.3) is 0 Å². The lowest BCUT2D eigenvalue weighted by atomic mass is 10.2. The highest BCUT2D eigenvalue weighted by atomic mass is 79.9. The van der Waals surface area contributed by atoms with Crippen LogP contribution in [0, 0.1) is 0 Å². The fourth-order valence-corrected chi connectivity index (χ4v) is 1.98. The highest BCUT2D eigenvalue weighted by Crippen LogP contribution is 2.36. The number of ether oxygens (including phenoxy) is 3. The van der Waals surface area contributed by atoms with Crippen molar-refractivity contribution in [2.24, 2.45) is 0 Å². The lowest BCUT2D eigenvalue weighted by Crippen LogP contribution is -2.08. The number of halogens is 1. The second-order valence-corrected chi connectivity index (χ2v) is 4.28. The van der Waals surface area contributed by atoms with Gasteiger partial charge in [0.25, 0.3) is 0 Å². The first-order valence-electron chi connectivity index (χ1n) is 5.85. The molecule has 0 amide bonds. The molecule has 0 aromatic heterocycles. The molecule has 1 rings (SSSR count). The monoisotopic (exact) mass is 316 g/mol. The number of carbonyl (C=O) groups is 1. The zero-order valence-corrected chi connectivity index (χ0v) is 12.2. The molecule has 1 aromatic rings. The minimum atomic E-state index is 0.437. The minimum Gasteiger partial charge on any atom is -0.490 e. The van der Waals surface area contributed by atoms with Gasteiger partial charge >= 0.3 is 0 Å². The normalized spacial score (nSPS) is 10.2. The fourth-order valence-electron chi connectivity index (χ4n) is 1.41. The van der Waals surface area contributed by atoms with Gasteiger partial charge in [-0.1, -0.05) is 0 Å². The first-order chi connectivity index (χ1) is 8.72. The summed E-state index contributed by atoms with van der Waals surface area (Å²) in [6, 6.07) is 3.36. The zero-order chi connectivity index (χ0) is 13.4. The summed E-state index contributed by atoms with van der Waals surface area (Å²) in [7, 11) is 0. The molecule has 4 nitrogen and oxygen atoms in total. The Morgan fingerprint density at radius 2 is 1.94 bits per heavy atom. The van der Waals surface area contributed by atoms with E-state index in [1.165, 1.54) is 0 Å². The molecule has 0 unspecified atom stereocenters. The number of benzene rings is 1. The van der Waals surface area contributed by atoms with Crippen LogP contribution in [0.4, 0.5) is 0 Å². The Morgan fingerprint density at radius 3 is 2.56 bits per heavy atom. The van der Waals surface area contributed by atoms with Crippen LogP contribution in [0.2, 0.25) is 0 Å². The van der Waals surface area contributed by atoms with Crippen molar-refractivity contribution in [2.75, 3.05) is 26.4 Å². The van der Waals surface area contributed by atoms with E-state index in [-0.39, 0.29) is 0 Å². The van der Waals surface area contributed by atoms with Crippen LogP contribution in [-0.4, -0.2) is 32.7 Å². The van der Waals surface area contributed by atoms with Gasteiger partial charge in [-0.15, -0.1) is 0 Å². The molecule has 0 fully saturated rings. The Balaban J connectivity index is 2.82. The molecule has 18 heavy (non-hydrogen) atoms. The first-order valence-corrected chi connectivity index (χ1v) is 6.64. The summed E-state index contributed by atoms with van der Waals surface area (Å²) in [5, 5.41) is 0. The Bertz CT molecular complexity index is 393. The Kier molecular flexibility index (Phi) is 6.75. The van der Waals surface area contributed by atoms with Crippen molar-refractivity contribution in [1.82, 2.24) is 0 Å². The van der Waals surface area contributed by atoms with Crippen LogP contribution in [0.3, 0.4) is 0 Å². The predicted molar refractivity (Wildman–Crippen MR) is 72.7 cm³/mol. The van der Waals surface area contributed by atoms with E-state index in [0.717, 1.165) is 6.29 Å². The van der Waals surface area contributed by atoms with Gasteiger partial charge in [-0.2, -0.15) is 0 Å². The molecule has 100 valence electrons. The second-order valence-electron chi connectivity index (χ2n) is 3.43. The Labute approximate surface area is 115 Å². The molecule has 5 heteroatoms. The van der Waals surface area contributed by atoms with E-state index in [0.29, 0.717) is 48.0 Å². The predicted octanol–water partition coefficient (Wildman–Crippen LogP) is 3.08. The van der Waals surface area contributed by atoms with E-state index >= 15 is 0 Å². The summed E-state index contributed by atoms with van der Waals surface area (Å²) in [6.45, 7) is 5.94. The molecule has 0 bridgehead atoms. The molecule has 0 saturated carbocycles. The number of carbonyl (C=O) groups excluding carboxylic acids is 1. The molecule has 0 N–H and O–H groups in total. The van der Waals surface area contributed by atoms with Crippen molar-refractivity contribution in [3.63, 3.8) is 0 Å². The van der Waals surface area contributed by atoms with Crippen molar-refractivity contribution in [2.45, 2.75) is 13.8 Å². The van der Waals surface area contributed by atoms with Crippen LogP contribution in [-0.2, 0) is 4.74 Å². The van der Waals surface area contributed by atoms with E-state index < -0.39 is 0 Å². The molecule has 0 aliphatic rings. The molecule has 1 aromatic carbocycles. The van der Waals surface area contributed by atoms with E-state index in [1.54, 1.807) is 12.1 Å². The van der Waals surface area contributed by atoms with E-state index in [9.17, 15) is 4.79 Å². The average Bonchev–Trinajstić information content (AvgIpc) is 2.37. The molecule has 0 radical (unpaired) electrons. The fraction of sp³-hybridized carbons (Fsp3) is 0.462. The van der Waals surface area contributed by atoms with Gasteiger partial charge in [0.15, 0.2) is 11.5 Å². The number of rotatable bonds is 8. The van der Waals surface area contributed by atoms with Gasteiger partial charge in [-0.3, -0.25) is 4.79 Å². The summed E-state index contributed by atoms with van der Waals surface area (Å²) >= 11 is 3.37. The SMILES string of the molecule is CCOCCOc1c(Br)cc(C=O)cc1OCC. The topological polar surface area (TPSA) is 44.8 Å². The van der Waals surface area contributed by atoms with Gasteiger partial charge in [0.1, 0.15) is 12.9 Å². The summed E-state index contributed by atoms with van der Waals surface area (Å²) in [4.78, 5) is 10.8.